The van der Waals surface area contributed by atoms with E-state index in [4.69, 9.17) is 9.31 Å². The van der Waals surface area contributed by atoms with Gasteiger partial charge in [-0.05, 0) is 18.1 Å². The fraction of sp³-hybridized carbons (Fsp3) is 0.118. The van der Waals surface area contributed by atoms with Gasteiger partial charge in [-0.3, -0.25) is 9.59 Å². The summed E-state index contributed by atoms with van der Waals surface area (Å²) >= 11 is 0. The van der Waals surface area contributed by atoms with Crippen LogP contribution < -0.4 is 0 Å². The van der Waals surface area contributed by atoms with E-state index in [1.165, 1.54) is 35.1 Å². The van der Waals surface area contributed by atoms with Gasteiger partial charge in [0.15, 0.2) is 5.70 Å². The van der Waals surface area contributed by atoms with E-state index in [0.29, 0.717) is 11.3 Å². The Balaban J connectivity index is 5.92. The maximum atomic E-state index is 13.0. The van der Waals surface area contributed by atoms with E-state index >= 15 is 0 Å². The van der Waals surface area contributed by atoms with Crippen LogP contribution in [0.25, 0.3) is 0 Å². The Labute approximate surface area is 171 Å². The molecule has 28 heavy (non-hydrogen) atoms. The average Bonchev–Trinajstić information content (AvgIpc) is 2.68. The Bertz CT molecular complexity index is 770. The molecule has 0 radical (unpaired) electrons. The van der Waals surface area contributed by atoms with Crippen molar-refractivity contribution < 1.29 is 18.9 Å². The van der Waals surface area contributed by atoms with Gasteiger partial charge in [-0.15, -0.1) is 0 Å². The molecule has 142 valence electrons. The Kier molecular flexibility index (Phi) is 10.6. The van der Waals surface area contributed by atoms with Crippen LogP contribution in [0.4, 0.5) is 0 Å². The lowest BCUT2D eigenvalue weighted by Crippen LogP contribution is -2.58. The van der Waals surface area contributed by atoms with E-state index in [9.17, 15) is 9.59 Å². The van der Waals surface area contributed by atoms with Gasteiger partial charge < -0.3 is 14.1 Å². The molecule has 6 nitrogen and oxygen atoms in total. The molecule has 1 amide bonds. The minimum atomic E-state index is -1.18. The average molecular weight is 375 g/mol. The molecular formula is C17H25B5N2O4. The van der Waals surface area contributed by atoms with Crippen molar-refractivity contribution in [2.75, 3.05) is 0 Å². The zero-order valence-electron chi connectivity index (χ0n) is 17.6. The Morgan fingerprint density at radius 1 is 1.14 bits per heavy atom. The SMILES string of the molecule is BOC(=O)C(B)(B)N(B)C(=O)C(/N=C\C(=C)C(/C=C\C=C)=C/C=C)=C(/C)OB. The lowest BCUT2D eigenvalue weighted by molar-refractivity contribution is -0.141. The van der Waals surface area contributed by atoms with Crippen LogP contribution in [0.2, 0.25) is 0 Å². The Hall–Kier alpha value is -2.83. The molecule has 0 saturated heterocycles. The molecule has 0 atom stereocenters. The molecule has 0 N–H and O–H groups in total. The standard InChI is InChI=1S/C17H25B5N2O4/c1-5-7-9-13(8-6-2)11(3)10-23-14(12(4)27-21)15(25)24(20)17(18,19)16(26)28-22/h5-10H,1-3,18-22H2,4H3/b9-7-,13-8+,14-12+,23-10-. The first-order valence-corrected chi connectivity index (χ1v) is 8.55. The zero-order valence-corrected chi connectivity index (χ0v) is 17.6. The van der Waals surface area contributed by atoms with Crippen molar-refractivity contribution in [3.63, 3.8) is 0 Å². The normalized spacial score (nSPS) is 13.0. The highest BCUT2D eigenvalue weighted by atomic mass is 16.5. The van der Waals surface area contributed by atoms with Crippen LogP contribution in [-0.2, 0) is 18.9 Å². The molecule has 0 aromatic carbocycles. The topological polar surface area (TPSA) is 68.2 Å². The van der Waals surface area contributed by atoms with Crippen LogP contribution in [0.1, 0.15) is 6.92 Å². The number of hydrogen-bond acceptors (Lipinski definition) is 5. The third-order valence-corrected chi connectivity index (χ3v) is 4.10. The summed E-state index contributed by atoms with van der Waals surface area (Å²) < 4.78 is 9.98. The number of carbonyl (C=O) groups is 2. The molecule has 0 aliphatic heterocycles. The van der Waals surface area contributed by atoms with Crippen LogP contribution in [0.3, 0.4) is 0 Å². The molecule has 0 aliphatic rings. The van der Waals surface area contributed by atoms with Gasteiger partial charge in [0.1, 0.15) is 21.5 Å². The molecular weight excluding hydrogens is 350 g/mol. The zero-order chi connectivity index (χ0) is 21.9. The number of nitrogens with zero attached hydrogens (tertiary/aromatic N) is 2. The summed E-state index contributed by atoms with van der Waals surface area (Å²) in [5.74, 6) is -0.732. The second-order valence-corrected chi connectivity index (χ2v) is 6.26. The van der Waals surface area contributed by atoms with Crippen molar-refractivity contribution in [2.45, 2.75) is 12.3 Å². The monoisotopic (exact) mass is 376 g/mol. The Morgan fingerprint density at radius 3 is 2.21 bits per heavy atom. The number of hydrogen-bond donors (Lipinski definition) is 0. The quantitative estimate of drug-likeness (QED) is 0.141. The predicted octanol–water partition coefficient (Wildman–Crippen LogP) is -2.35. The smallest absolute Gasteiger partial charge is 0.326 e. The molecule has 0 unspecified atom stereocenters. The second-order valence-electron chi connectivity index (χ2n) is 6.26. The van der Waals surface area contributed by atoms with Crippen molar-refractivity contribution >= 4 is 57.9 Å². The highest BCUT2D eigenvalue weighted by Gasteiger charge is 2.36. The molecule has 0 aromatic rings. The van der Waals surface area contributed by atoms with Crippen LogP contribution in [0.15, 0.2) is 77.7 Å². The van der Waals surface area contributed by atoms with Gasteiger partial charge in [0.05, 0.1) is 5.34 Å². The second kappa shape index (κ2) is 11.8. The summed E-state index contributed by atoms with van der Waals surface area (Å²) in [6.45, 7) is 12.9. The highest BCUT2D eigenvalue weighted by Crippen LogP contribution is 2.16. The maximum absolute atomic E-state index is 13.0. The molecule has 0 fully saturated rings. The van der Waals surface area contributed by atoms with Crippen molar-refractivity contribution in [1.82, 2.24) is 4.81 Å². The molecule has 11 heteroatoms. The van der Waals surface area contributed by atoms with E-state index in [0.717, 1.165) is 5.57 Å². The molecule has 0 saturated carbocycles. The van der Waals surface area contributed by atoms with E-state index in [-0.39, 0.29) is 5.70 Å². The first-order valence-electron chi connectivity index (χ1n) is 8.55. The molecule has 0 bridgehead atoms. The van der Waals surface area contributed by atoms with Gasteiger partial charge in [0.2, 0.25) is 7.98 Å². The fourth-order valence-corrected chi connectivity index (χ4v) is 1.98. The van der Waals surface area contributed by atoms with E-state index in [1.54, 1.807) is 53.0 Å². The van der Waals surface area contributed by atoms with Crippen LogP contribution in [0, 0.1) is 0 Å². The van der Waals surface area contributed by atoms with Gasteiger partial charge in [-0.25, -0.2) is 4.99 Å². The summed E-state index contributed by atoms with van der Waals surface area (Å²) in [5, 5.41) is -1.18. The van der Waals surface area contributed by atoms with Crippen LogP contribution in [-0.4, -0.2) is 68.0 Å². The summed E-state index contributed by atoms with van der Waals surface area (Å²) in [6.07, 6.45) is 10.0. The lowest BCUT2D eigenvalue weighted by atomic mass is 9.59. The van der Waals surface area contributed by atoms with Gasteiger partial charge in [0, 0.05) is 6.21 Å². The summed E-state index contributed by atoms with van der Waals surface area (Å²) in [6, 6.07) is 0. The van der Waals surface area contributed by atoms with Crippen LogP contribution in [0.5, 0.6) is 0 Å². The predicted molar refractivity (Wildman–Crippen MR) is 127 cm³/mol. The summed E-state index contributed by atoms with van der Waals surface area (Å²) in [7, 11) is 7.39. The van der Waals surface area contributed by atoms with Gasteiger partial charge in [-0.1, -0.05) is 50.1 Å². The van der Waals surface area contributed by atoms with E-state index in [1.807, 2.05) is 0 Å². The van der Waals surface area contributed by atoms with Gasteiger partial charge in [-0.2, -0.15) is 0 Å². The van der Waals surface area contributed by atoms with Gasteiger partial charge in [0.25, 0.3) is 11.9 Å². The van der Waals surface area contributed by atoms with E-state index in [2.05, 4.69) is 24.7 Å². The van der Waals surface area contributed by atoms with Crippen LogP contribution >= 0.6 is 0 Å². The van der Waals surface area contributed by atoms with Crippen molar-refractivity contribution in [3.05, 3.63) is 72.7 Å². The van der Waals surface area contributed by atoms with E-state index < -0.39 is 17.2 Å². The molecule has 0 aromatic heterocycles. The van der Waals surface area contributed by atoms with Gasteiger partial charge >= 0.3 is 16.1 Å². The highest BCUT2D eigenvalue weighted by molar-refractivity contribution is 6.54. The molecule has 0 heterocycles. The van der Waals surface area contributed by atoms with Crippen molar-refractivity contribution in [1.29, 1.82) is 0 Å². The molecule has 0 spiro atoms. The van der Waals surface area contributed by atoms with Crippen molar-refractivity contribution in [2.24, 2.45) is 4.99 Å². The fourth-order valence-electron chi connectivity index (χ4n) is 1.98. The third-order valence-electron chi connectivity index (χ3n) is 4.10. The number of aliphatic imine (C=N–C) groups is 1. The minimum Gasteiger partial charge on any atom is -0.569 e. The number of allylic oxidation sites excluding steroid dienone is 8. The number of carbonyl (C=O) groups excluding carboxylic acids is 2. The maximum Gasteiger partial charge on any atom is 0.326 e. The first-order chi connectivity index (χ1) is 13.1. The first kappa shape index (κ1) is 25.2. The number of rotatable bonds is 10. The molecule has 0 rings (SSSR count). The van der Waals surface area contributed by atoms with Crippen molar-refractivity contribution in [3.8, 4) is 0 Å². The molecule has 0 aliphatic carbocycles. The number of amides is 1. The lowest BCUT2D eigenvalue weighted by Gasteiger charge is -2.34. The summed E-state index contributed by atoms with van der Waals surface area (Å²) in [5.41, 5.74) is 1.36. The minimum absolute atomic E-state index is 0.0498. The summed E-state index contributed by atoms with van der Waals surface area (Å²) in [4.78, 5) is 30.5. The third kappa shape index (κ3) is 6.72. The Morgan fingerprint density at radius 2 is 1.75 bits per heavy atom. The largest absolute Gasteiger partial charge is 0.569 e.